The van der Waals surface area contributed by atoms with E-state index >= 15 is 28.8 Å². The van der Waals surface area contributed by atoms with E-state index in [0.717, 1.165) is 57.8 Å². The van der Waals surface area contributed by atoms with Gasteiger partial charge in [-0.25, -0.2) is 4.39 Å². The lowest BCUT2D eigenvalue weighted by atomic mass is 9.87. The van der Waals surface area contributed by atoms with Crippen molar-refractivity contribution in [1.29, 1.82) is 5.41 Å². The predicted octanol–water partition coefficient (Wildman–Crippen LogP) is -0.945. The second kappa shape index (κ2) is 49.1. The topological polar surface area (TPSA) is 562 Å². The number of hydrogen-bond acceptors (Lipinski definition) is 22. The molecule has 5 heterocycles. The number of carboxylic acid groups (broad SMARTS) is 1. The van der Waals surface area contributed by atoms with Crippen LogP contribution in [0.3, 0.4) is 0 Å². The molecule has 131 heavy (non-hydrogen) atoms. The molecule has 0 spiro atoms. The average Bonchev–Trinajstić information content (AvgIpc) is 1.68. The van der Waals surface area contributed by atoms with Crippen LogP contribution in [0.4, 0.5) is 4.39 Å². The number of aryl methyl sites for hydroxylation is 2. The van der Waals surface area contributed by atoms with Gasteiger partial charge in [0.05, 0.1) is 44.9 Å². The van der Waals surface area contributed by atoms with Crippen molar-refractivity contribution in [2.45, 2.75) is 179 Å². The molecule has 11 atom stereocenters. The van der Waals surface area contributed by atoms with E-state index in [1.165, 1.54) is 52.6 Å². The number of thioether (sulfide) groups is 3. The first kappa shape index (κ1) is 104. The van der Waals surface area contributed by atoms with Crippen LogP contribution in [0.1, 0.15) is 116 Å². The molecular formula is C87H120FN21O19S3. The Bertz CT molecular complexity index is 5050. The minimum atomic E-state index is -2.06. The van der Waals surface area contributed by atoms with Crippen molar-refractivity contribution in [3.8, 4) is 0 Å². The van der Waals surface area contributed by atoms with Gasteiger partial charge in [-0.1, -0.05) is 69.3 Å². The first-order valence-corrected chi connectivity index (χ1v) is 46.3. The monoisotopic (exact) mass is 1880 g/mol. The van der Waals surface area contributed by atoms with E-state index in [-0.39, 0.29) is 106 Å². The Kier molecular flexibility index (Phi) is 39.0. The van der Waals surface area contributed by atoms with Crippen LogP contribution in [0.25, 0.3) is 21.8 Å². The lowest BCUT2D eigenvalue weighted by Crippen LogP contribution is -2.60. The molecule has 40 nitrogen and oxygen atoms in total. The number of hydrogen-bond donors (Lipinski definition) is 15. The van der Waals surface area contributed by atoms with Crippen molar-refractivity contribution in [1.82, 2.24) is 92.1 Å². The lowest BCUT2D eigenvalue weighted by molar-refractivity contribution is -0.158. The van der Waals surface area contributed by atoms with Crippen LogP contribution in [0, 0.1) is 22.6 Å². The Morgan fingerprint density at radius 3 is 1.55 bits per heavy atom. The Hall–Kier alpha value is -12.4. The minimum absolute atomic E-state index is 0.0168. The number of carbonyl (C=O) groups is 18. The number of benzene rings is 3. The maximum atomic E-state index is 15.7. The summed E-state index contributed by atoms with van der Waals surface area (Å²) >= 11 is 3.01. The maximum Gasteiger partial charge on any atom is 0.305 e. The third kappa shape index (κ3) is 31.7. The summed E-state index contributed by atoms with van der Waals surface area (Å²) in [6.07, 6.45) is -1.98. The zero-order valence-corrected chi connectivity index (χ0v) is 77.5. The third-order valence-corrected chi connectivity index (χ3v) is 25.5. The largest absolute Gasteiger partial charge is 0.481 e. The molecule has 44 heteroatoms. The van der Waals surface area contributed by atoms with Gasteiger partial charge in [-0.2, -0.15) is 35.3 Å². The molecule has 5 aromatic rings. The molecular weight excluding hydrogens is 1760 g/mol. The molecule has 2 aromatic heterocycles. The summed E-state index contributed by atoms with van der Waals surface area (Å²) in [7, 11) is 8.02. The number of carboxylic acids is 1. The molecule has 3 saturated heterocycles. The highest BCUT2D eigenvalue weighted by molar-refractivity contribution is 7.99. The average molecular weight is 1880 g/mol. The summed E-state index contributed by atoms with van der Waals surface area (Å²) in [6, 6.07) is 3.18. The van der Waals surface area contributed by atoms with Gasteiger partial charge >= 0.3 is 5.97 Å². The number of primary amides is 2. The molecule has 0 radical (unpaired) electrons. The van der Waals surface area contributed by atoms with Crippen LogP contribution in [0.15, 0.2) is 85.2 Å². The minimum Gasteiger partial charge on any atom is -0.481 e. The number of likely N-dealkylation sites (N-methyl/N-ethyl adjacent to an activating group) is 1. The van der Waals surface area contributed by atoms with Gasteiger partial charge in [-0.15, -0.1) is 0 Å². The van der Waals surface area contributed by atoms with E-state index < -0.39 is 235 Å². The summed E-state index contributed by atoms with van der Waals surface area (Å²) in [5, 5.41) is 49.4. The lowest BCUT2D eigenvalue weighted by Gasteiger charge is -2.42. The molecule has 0 saturated carbocycles. The first-order valence-electron chi connectivity index (χ1n) is 42.9. The Balaban J connectivity index is 1.24. The van der Waals surface area contributed by atoms with Crippen molar-refractivity contribution >= 4 is 169 Å². The van der Waals surface area contributed by atoms with Crippen molar-refractivity contribution in [3.05, 3.63) is 108 Å². The van der Waals surface area contributed by atoms with Crippen molar-refractivity contribution < 1.29 is 95.8 Å². The number of aliphatic carboxylic acids is 1. The number of carbonyl (C=O) groups excluding carboxylic acids is 17. The number of nitrogens with zero attached hydrogens (tertiary/aromatic N) is 7. The molecule has 3 aromatic carbocycles. The van der Waals surface area contributed by atoms with Crippen molar-refractivity contribution in [3.63, 3.8) is 0 Å². The van der Waals surface area contributed by atoms with Gasteiger partial charge in [0.1, 0.15) is 60.2 Å². The summed E-state index contributed by atoms with van der Waals surface area (Å²) in [5.74, 6) is -20.4. The van der Waals surface area contributed by atoms with Gasteiger partial charge in [-0.3, -0.25) is 91.7 Å². The predicted molar refractivity (Wildman–Crippen MR) is 488 cm³/mol. The van der Waals surface area contributed by atoms with E-state index in [9.17, 15) is 67.0 Å². The van der Waals surface area contributed by atoms with Crippen LogP contribution in [0.5, 0.6) is 0 Å². The number of amides is 16. The van der Waals surface area contributed by atoms with Crippen LogP contribution in [-0.4, -0.2) is 300 Å². The van der Waals surface area contributed by atoms with Crippen LogP contribution in [0.2, 0.25) is 0 Å². The number of halogens is 1. The number of guanidine groups is 1. The van der Waals surface area contributed by atoms with E-state index in [1.807, 2.05) is 6.07 Å². The highest BCUT2D eigenvalue weighted by atomic mass is 32.2. The van der Waals surface area contributed by atoms with Gasteiger partial charge in [0, 0.05) is 169 Å². The van der Waals surface area contributed by atoms with Gasteiger partial charge < -0.3 is 109 Å². The SMILES string of the molecule is CC(=O)N[C@H]1CSCCC(=O)N2CN3CN(C2)C(=O)CCSC[C@@H](C(N)=O)NC(=O)[C@H](Cc2ccc(F)cc2)NC(=O)CNC(=O)[C@H](CCCNC(=N)N(C)C)NC(=O)[C@H](Cc2cn(C)c4ccccc24)NC(=O)[C@H](CSCCC3=O)CC(=O)[C@@H](CC(=O)O)NC(=O)[C@H](CCC(N)=O)NC(=O)[C@H](CC(C)(C)C)NC(=O)[C@@H](Cc2cn(C)c3ccccc23)NC(=O)[C@H](C)N(C)C1=O. The zero-order valence-electron chi connectivity index (χ0n) is 75.1. The highest BCUT2D eigenvalue weighted by Crippen LogP contribution is 2.28. The van der Waals surface area contributed by atoms with Crippen LogP contribution < -0.4 is 70.0 Å². The summed E-state index contributed by atoms with van der Waals surface area (Å²) in [6.45, 7) is 5.80. The Labute approximate surface area is 770 Å². The molecule has 4 bridgehead atoms. The van der Waals surface area contributed by atoms with Gasteiger partial charge in [0.15, 0.2) is 11.7 Å². The van der Waals surface area contributed by atoms with Gasteiger partial charge in [0.25, 0.3) is 0 Å². The molecule has 3 aliphatic rings. The van der Waals surface area contributed by atoms with E-state index in [4.69, 9.17) is 16.9 Å². The second-order valence-corrected chi connectivity index (χ2v) is 37.5. The highest BCUT2D eigenvalue weighted by Gasteiger charge is 2.41. The molecule has 8 rings (SSSR count). The Morgan fingerprint density at radius 2 is 1.04 bits per heavy atom. The molecule has 3 fully saturated rings. The first-order chi connectivity index (χ1) is 61.9. The van der Waals surface area contributed by atoms with Crippen LogP contribution >= 0.6 is 35.3 Å². The molecule has 0 aliphatic carbocycles. The number of para-hydroxylation sites is 2. The number of ketones is 1. The number of nitrogens with two attached hydrogens (primary N) is 2. The van der Waals surface area contributed by atoms with E-state index in [1.54, 1.807) is 113 Å². The zero-order chi connectivity index (χ0) is 96.3. The molecule has 17 N–H and O–H groups in total. The summed E-state index contributed by atoms with van der Waals surface area (Å²) in [5.41, 5.74) is 13.5. The smallest absolute Gasteiger partial charge is 0.305 e. The molecule has 3 aliphatic heterocycles. The maximum absolute atomic E-state index is 15.7. The molecule has 0 unspecified atom stereocenters. The number of aromatic nitrogens is 2. The quantitative estimate of drug-likeness (QED) is 0.0286. The standard InChI is InChI=1S/C87H120FN21O19S3/c1-49-77(120)99-62(35-52-41-104(8)67-19-13-11-16-56(52)67)83(126)101-64(39-87(3,4)5)84(127)97-59(25-26-70(89)112)80(123)98-60(38-75(117)118)69(111)37-54-43-129-31-27-72(114)107-46-108(48-109(47-107)74(116)29-33-131-45-66(94-50(2)110)85(128)106(49)10)73(115)28-32-130-44-65(76(90)119)102-81(124)61(34-51-21-23-55(88)24-22-51)95-71(113)40-93-79(122)58(18-15-30-92-86(91)103(6)7)96-82(125)63(100-78(54)121)36-53-42-105(9)68-20-14-12-17-57(53)68/h11-14,16-17,19-24,41-42,49,54,58-66H,15,18,25-40,43-48H2,1-10H3,(H2,89,112)(H2,90,119)(H2,91,92)(H,93,122)(H,94,110)(H,95,113)(H,96,125)(H,97,127)(H,98,123)(H,99,120)(H,100,121)(H,101,126)(H,102,124)(H,117,118)/t49-,54-,58-,59-,60+,61-,62+,63-,64-,65-,66-/m0/s1. The molecule has 712 valence electrons. The van der Waals surface area contributed by atoms with Gasteiger partial charge in [-0.05, 0) is 79.0 Å². The third-order valence-electron chi connectivity index (χ3n) is 22.2. The molecule has 16 amide bonds. The summed E-state index contributed by atoms with van der Waals surface area (Å²) in [4.78, 5) is 267. The fraction of sp³-hybridized carbons (Fsp3) is 0.529. The van der Waals surface area contributed by atoms with Crippen molar-refractivity contribution in [2.24, 2.45) is 36.9 Å². The number of nitrogens with one attached hydrogen (secondary N) is 12. The van der Waals surface area contributed by atoms with Crippen LogP contribution in [-0.2, 0) is 120 Å². The van der Waals surface area contributed by atoms with E-state index in [2.05, 4.69) is 58.5 Å². The number of rotatable bonds is 18. The number of Topliss-reactive ketones (excluding diaryl/α,β-unsaturated/α-hetero) is 1. The second-order valence-electron chi connectivity index (χ2n) is 34.1. The van der Waals surface area contributed by atoms with E-state index in [0.29, 0.717) is 33.0 Å². The Morgan fingerprint density at radius 1 is 0.573 bits per heavy atom. The van der Waals surface area contributed by atoms with Crippen molar-refractivity contribution in [2.75, 3.05) is 88.8 Å². The number of fused-ring (bicyclic) bond motifs is 9. The summed E-state index contributed by atoms with van der Waals surface area (Å²) < 4.78 is 17.9. The fourth-order valence-corrected chi connectivity index (χ4v) is 17.9. The fourth-order valence-electron chi connectivity index (χ4n) is 15.0. The van der Waals surface area contributed by atoms with Gasteiger partial charge in [0.2, 0.25) is 94.5 Å². The normalized spacial score (nSPS) is 23.3.